The highest BCUT2D eigenvalue weighted by atomic mass is 32.2. The minimum absolute atomic E-state index is 0.129. The maximum Gasteiger partial charge on any atom is 0.246 e. The number of aryl methyl sites for hydroxylation is 1. The van der Waals surface area contributed by atoms with E-state index >= 15 is 0 Å². The summed E-state index contributed by atoms with van der Waals surface area (Å²) in [6.07, 6.45) is 1.07. The molecular formula is C12H22N4O3S. The highest BCUT2D eigenvalue weighted by molar-refractivity contribution is 7.89. The van der Waals surface area contributed by atoms with Crippen LogP contribution in [0.3, 0.4) is 0 Å². The van der Waals surface area contributed by atoms with Crippen LogP contribution in [-0.4, -0.2) is 65.7 Å². The molecule has 1 aliphatic rings. The van der Waals surface area contributed by atoms with Gasteiger partial charge in [0.15, 0.2) is 0 Å². The third-order valence-corrected chi connectivity index (χ3v) is 5.68. The monoisotopic (exact) mass is 302 g/mol. The number of rotatable bonds is 5. The van der Waals surface area contributed by atoms with E-state index in [2.05, 4.69) is 22.0 Å². The van der Waals surface area contributed by atoms with Gasteiger partial charge in [-0.25, -0.2) is 8.42 Å². The van der Waals surface area contributed by atoms with Gasteiger partial charge in [0.05, 0.1) is 12.3 Å². The zero-order chi connectivity index (χ0) is 14.8. The Bertz CT molecular complexity index is 547. The topological polar surface area (TPSA) is 89.5 Å². The van der Waals surface area contributed by atoms with E-state index in [1.165, 1.54) is 4.31 Å². The van der Waals surface area contributed by atoms with Gasteiger partial charge in [0.25, 0.3) is 0 Å². The quantitative estimate of drug-likeness (QED) is 0.794. The summed E-state index contributed by atoms with van der Waals surface area (Å²) in [4.78, 5) is 2.39. The SMILES string of the molecule is CCCN1CCN(S(=O)(=O)c2c(CO)n[nH]c2C)CC1. The van der Waals surface area contributed by atoms with Crippen molar-refractivity contribution in [3.8, 4) is 0 Å². The van der Waals surface area contributed by atoms with Crippen LogP contribution in [0, 0.1) is 6.92 Å². The third-order valence-electron chi connectivity index (χ3n) is 3.58. The second-order valence-electron chi connectivity index (χ2n) is 5.03. The minimum Gasteiger partial charge on any atom is -0.390 e. The standard InChI is InChI=1S/C12H22N4O3S/c1-3-4-15-5-7-16(8-6-15)20(18,19)12-10(2)13-14-11(12)9-17/h17H,3-9H2,1-2H3,(H,13,14). The van der Waals surface area contributed by atoms with Crippen LogP contribution in [0.4, 0.5) is 0 Å². The zero-order valence-electron chi connectivity index (χ0n) is 12.0. The maximum atomic E-state index is 12.6. The predicted molar refractivity (Wildman–Crippen MR) is 74.7 cm³/mol. The van der Waals surface area contributed by atoms with Crippen LogP contribution in [0.15, 0.2) is 4.90 Å². The van der Waals surface area contributed by atoms with Gasteiger partial charge in [-0.15, -0.1) is 0 Å². The number of sulfonamides is 1. The van der Waals surface area contributed by atoms with Crippen LogP contribution >= 0.6 is 0 Å². The molecule has 0 unspecified atom stereocenters. The molecule has 1 aromatic rings. The number of nitrogens with one attached hydrogen (secondary N) is 1. The van der Waals surface area contributed by atoms with Crippen molar-refractivity contribution in [3.63, 3.8) is 0 Å². The molecule has 1 aromatic heterocycles. The Labute approximate surface area is 119 Å². The fraction of sp³-hybridized carbons (Fsp3) is 0.750. The molecule has 0 atom stereocenters. The highest BCUT2D eigenvalue weighted by Crippen LogP contribution is 2.23. The number of aromatic amines is 1. The van der Waals surface area contributed by atoms with Gasteiger partial charge in [-0.2, -0.15) is 9.40 Å². The summed E-state index contributed by atoms with van der Waals surface area (Å²) in [6.45, 7) is 6.86. The number of hydrogen-bond acceptors (Lipinski definition) is 5. The molecule has 1 fully saturated rings. The van der Waals surface area contributed by atoms with Gasteiger partial charge in [-0.3, -0.25) is 5.10 Å². The third kappa shape index (κ3) is 2.88. The van der Waals surface area contributed by atoms with E-state index in [0.717, 1.165) is 26.1 Å². The molecule has 0 amide bonds. The van der Waals surface area contributed by atoms with Crippen LogP contribution in [0.5, 0.6) is 0 Å². The molecule has 114 valence electrons. The van der Waals surface area contributed by atoms with Gasteiger partial charge in [0.2, 0.25) is 10.0 Å². The first-order valence-electron chi connectivity index (χ1n) is 6.88. The van der Waals surface area contributed by atoms with E-state index in [1.54, 1.807) is 6.92 Å². The van der Waals surface area contributed by atoms with E-state index in [0.29, 0.717) is 18.8 Å². The summed E-state index contributed by atoms with van der Waals surface area (Å²) >= 11 is 0. The van der Waals surface area contributed by atoms with Gasteiger partial charge in [-0.05, 0) is 19.9 Å². The van der Waals surface area contributed by atoms with Crippen molar-refractivity contribution in [2.75, 3.05) is 32.7 Å². The average molecular weight is 302 g/mol. The van der Waals surface area contributed by atoms with Crippen LogP contribution in [-0.2, 0) is 16.6 Å². The summed E-state index contributed by atoms with van der Waals surface area (Å²) in [7, 11) is -3.58. The smallest absolute Gasteiger partial charge is 0.246 e. The summed E-state index contributed by atoms with van der Waals surface area (Å²) in [6, 6.07) is 0. The first kappa shape index (κ1) is 15.4. The van der Waals surface area contributed by atoms with Crippen molar-refractivity contribution >= 4 is 10.0 Å². The molecule has 2 heterocycles. The van der Waals surface area contributed by atoms with Gasteiger partial charge in [0.1, 0.15) is 10.6 Å². The predicted octanol–water partition coefficient (Wildman–Crippen LogP) is -0.0733. The summed E-state index contributed by atoms with van der Waals surface area (Å²) in [5, 5.41) is 15.7. The van der Waals surface area contributed by atoms with Crippen LogP contribution in [0.25, 0.3) is 0 Å². The Morgan fingerprint density at radius 1 is 1.30 bits per heavy atom. The number of piperazine rings is 1. The fourth-order valence-electron chi connectivity index (χ4n) is 2.56. The highest BCUT2D eigenvalue weighted by Gasteiger charge is 2.32. The van der Waals surface area contributed by atoms with E-state index < -0.39 is 10.0 Å². The van der Waals surface area contributed by atoms with Crippen molar-refractivity contribution in [1.29, 1.82) is 0 Å². The van der Waals surface area contributed by atoms with Crippen molar-refractivity contribution in [1.82, 2.24) is 19.4 Å². The summed E-state index contributed by atoms with van der Waals surface area (Å²) in [5.74, 6) is 0. The van der Waals surface area contributed by atoms with Crippen molar-refractivity contribution < 1.29 is 13.5 Å². The van der Waals surface area contributed by atoms with Gasteiger partial charge in [-0.1, -0.05) is 6.92 Å². The molecule has 0 spiro atoms. The normalized spacial score (nSPS) is 18.6. The Morgan fingerprint density at radius 2 is 1.95 bits per heavy atom. The number of aliphatic hydroxyl groups excluding tert-OH is 1. The fourth-order valence-corrected chi connectivity index (χ4v) is 4.30. The van der Waals surface area contributed by atoms with Crippen LogP contribution < -0.4 is 0 Å². The van der Waals surface area contributed by atoms with Gasteiger partial charge < -0.3 is 10.0 Å². The van der Waals surface area contributed by atoms with Gasteiger partial charge in [0, 0.05) is 26.2 Å². The van der Waals surface area contributed by atoms with Crippen LogP contribution in [0.1, 0.15) is 24.7 Å². The van der Waals surface area contributed by atoms with Crippen molar-refractivity contribution in [3.05, 3.63) is 11.4 Å². The molecule has 1 saturated heterocycles. The lowest BCUT2D eigenvalue weighted by Crippen LogP contribution is -2.48. The number of aromatic nitrogens is 2. The van der Waals surface area contributed by atoms with E-state index in [4.69, 9.17) is 0 Å². The molecule has 7 nitrogen and oxygen atoms in total. The lowest BCUT2D eigenvalue weighted by Gasteiger charge is -2.33. The number of nitrogens with zero attached hydrogens (tertiary/aromatic N) is 3. The molecule has 0 saturated carbocycles. The first-order valence-corrected chi connectivity index (χ1v) is 8.32. The molecule has 0 aromatic carbocycles. The minimum atomic E-state index is -3.58. The van der Waals surface area contributed by atoms with E-state index in [-0.39, 0.29) is 17.2 Å². The second kappa shape index (κ2) is 6.21. The van der Waals surface area contributed by atoms with Crippen molar-refractivity contribution in [2.24, 2.45) is 0 Å². The van der Waals surface area contributed by atoms with E-state index in [1.807, 2.05) is 0 Å². The second-order valence-corrected chi connectivity index (χ2v) is 6.90. The molecule has 0 radical (unpaired) electrons. The molecule has 2 N–H and O–H groups in total. The molecule has 20 heavy (non-hydrogen) atoms. The first-order chi connectivity index (χ1) is 9.50. The molecular weight excluding hydrogens is 280 g/mol. The number of hydrogen-bond donors (Lipinski definition) is 2. The molecule has 0 aliphatic carbocycles. The number of H-pyrrole nitrogens is 1. The largest absolute Gasteiger partial charge is 0.390 e. The molecule has 8 heteroatoms. The molecule has 1 aliphatic heterocycles. The number of aliphatic hydroxyl groups is 1. The molecule has 0 bridgehead atoms. The van der Waals surface area contributed by atoms with Crippen molar-refractivity contribution in [2.45, 2.75) is 31.8 Å². The van der Waals surface area contributed by atoms with E-state index in [9.17, 15) is 13.5 Å². The summed E-state index contributed by atoms with van der Waals surface area (Å²) in [5.41, 5.74) is 0.670. The lowest BCUT2D eigenvalue weighted by molar-refractivity contribution is 0.188. The molecule has 2 rings (SSSR count). The maximum absolute atomic E-state index is 12.6. The Hall–Kier alpha value is -0.960. The van der Waals surface area contributed by atoms with Crippen LogP contribution in [0.2, 0.25) is 0 Å². The Kier molecular flexibility index (Phi) is 4.79. The summed E-state index contributed by atoms with van der Waals surface area (Å²) < 4.78 is 26.8. The van der Waals surface area contributed by atoms with Gasteiger partial charge >= 0.3 is 0 Å². The zero-order valence-corrected chi connectivity index (χ0v) is 12.8. The lowest BCUT2D eigenvalue weighted by atomic mass is 10.3. The Morgan fingerprint density at radius 3 is 2.50 bits per heavy atom. The Balaban J connectivity index is 2.18. The average Bonchev–Trinajstić information content (AvgIpc) is 2.81.